The third-order valence-electron chi connectivity index (χ3n) is 2.60. The van der Waals surface area contributed by atoms with E-state index in [0.717, 1.165) is 0 Å². The highest BCUT2D eigenvalue weighted by molar-refractivity contribution is 6.42. The van der Waals surface area contributed by atoms with Crippen molar-refractivity contribution in [2.24, 2.45) is 0 Å². The Hall–Kier alpha value is -1.39. The standard InChI is InChI=1S/C12H12ClNO3/c13-10-3-1-9(2-4-10)11(15)12(16)14-5-7-17-8-6-14/h1-4H,5-8H2. The number of benzene rings is 1. The molecule has 0 radical (unpaired) electrons. The third kappa shape index (κ3) is 2.84. The zero-order valence-corrected chi connectivity index (χ0v) is 9.94. The highest BCUT2D eigenvalue weighted by atomic mass is 35.5. The number of ketones is 1. The van der Waals surface area contributed by atoms with Crippen molar-refractivity contribution in [1.29, 1.82) is 0 Å². The highest BCUT2D eigenvalue weighted by Gasteiger charge is 2.24. The van der Waals surface area contributed by atoms with Gasteiger partial charge in [0.25, 0.3) is 5.91 Å². The molecule has 0 aliphatic carbocycles. The number of Topliss-reactive ketones (excluding diaryl/α,β-unsaturated/α-hetero) is 1. The van der Waals surface area contributed by atoms with E-state index in [0.29, 0.717) is 36.9 Å². The summed E-state index contributed by atoms with van der Waals surface area (Å²) in [5.74, 6) is -0.973. The molecule has 0 N–H and O–H groups in total. The van der Waals surface area contributed by atoms with Crippen LogP contribution in [0.1, 0.15) is 10.4 Å². The first-order valence-corrected chi connectivity index (χ1v) is 5.73. The summed E-state index contributed by atoms with van der Waals surface area (Å²) < 4.78 is 5.13. The van der Waals surface area contributed by atoms with E-state index >= 15 is 0 Å². The fourth-order valence-corrected chi connectivity index (χ4v) is 1.76. The number of carbonyl (C=O) groups excluding carboxylic acids is 2. The van der Waals surface area contributed by atoms with Crippen molar-refractivity contribution in [3.63, 3.8) is 0 Å². The number of hydrogen-bond donors (Lipinski definition) is 0. The van der Waals surface area contributed by atoms with E-state index < -0.39 is 11.7 Å². The predicted octanol–water partition coefficient (Wildman–Crippen LogP) is 1.38. The van der Waals surface area contributed by atoms with E-state index in [1.807, 2.05) is 0 Å². The number of halogens is 1. The summed E-state index contributed by atoms with van der Waals surface area (Å²) in [6.45, 7) is 1.91. The molecule has 4 nitrogen and oxygen atoms in total. The van der Waals surface area contributed by atoms with Crippen molar-refractivity contribution < 1.29 is 14.3 Å². The van der Waals surface area contributed by atoms with Crippen molar-refractivity contribution in [2.75, 3.05) is 26.3 Å². The minimum absolute atomic E-state index is 0.367. The molecular formula is C12H12ClNO3. The minimum atomic E-state index is -0.497. The first kappa shape index (κ1) is 12.1. The lowest BCUT2D eigenvalue weighted by Crippen LogP contribution is -2.44. The molecule has 1 aromatic carbocycles. The average Bonchev–Trinajstić information content (AvgIpc) is 2.39. The maximum absolute atomic E-state index is 11.9. The van der Waals surface area contributed by atoms with Gasteiger partial charge in [-0.05, 0) is 24.3 Å². The lowest BCUT2D eigenvalue weighted by atomic mass is 10.1. The lowest BCUT2D eigenvalue weighted by Gasteiger charge is -2.26. The number of rotatable bonds is 2. The fourth-order valence-electron chi connectivity index (χ4n) is 1.63. The highest BCUT2D eigenvalue weighted by Crippen LogP contribution is 2.11. The molecule has 0 bridgehead atoms. The van der Waals surface area contributed by atoms with E-state index in [-0.39, 0.29) is 0 Å². The largest absolute Gasteiger partial charge is 0.378 e. The normalized spacial score (nSPS) is 15.7. The summed E-state index contributed by atoms with van der Waals surface area (Å²) >= 11 is 5.72. The summed E-state index contributed by atoms with van der Waals surface area (Å²) in [6.07, 6.45) is 0. The Morgan fingerprint density at radius 3 is 2.29 bits per heavy atom. The molecule has 1 fully saturated rings. The van der Waals surface area contributed by atoms with Crippen LogP contribution in [-0.2, 0) is 9.53 Å². The van der Waals surface area contributed by atoms with Crippen molar-refractivity contribution in [3.8, 4) is 0 Å². The molecule has 1 amide bonds. The van der Waals surface area contributed by atoms with Gasteiger partial charge < -0.3 is 9.64 Å². The van der Waals surface area contributed by atoms with Crippen molar-refractivity contribution in [3.05, 3.63) is 34.9 Å². The summed E-state index contributed by atoms with van der Waals surface area (Å²) in [7, 11) is 0. The Balaban J connectivity index is 2.08. The van der Waals surface area contributed by atoms with Crippen LogP contribution in [0.3, 0.4) is 0 Å². The van der Waals surface area contributed by atoms with Crippen LogP contribution in [0, 0.1) is 0 Å². The van der Waals surface area contributed by atoms with E-state index in [4.69, 9.17) is 16.3 Å². The summed E-state index contributed by atoms with van der Waals surface area (Å²) in [5.41, 5.74) is 0.367. The van der Waals surface area contributed by atoms with E-state index in [1.54, 1.807) is 24.3 Å². The second kappa shape index (κ2) is 5.29. The average molecular weight is 254 g/mol. The van der Waals surface area contributed by atoms with Crippen LogP contribution in [0.25, 0.3) is 0 Å². The Kier molecular flexibility index (Phi) is 3.76. The van der Waals surface area contributed by atoms with Gasteiger partial charge >= 0.3 is 0 Å². The second-order valence-corrected chi connectivity index (χ2v) is 4.18. The Morgan fingerprint density at radius 2 is 1.71 bits per heavy atom. The van der Waals surface area contributed by atoms with E-state index in [1.165, 1.54) is 4.90 Å². The first-order chi connectivity index (χ1) is 8.18. The van der Waals surface area contributed by atoms with Gasteiger partial charge in [-0.25, -0.2) is 0 Å². The number of nitrogens with zero attached hydrogens (tertiary/aromatic N) is 1. The molecule has 1 aromatic rings. The zero-order valence-electron chi connectivity index (χ0n) is 9.19. The molecule has 1 aliphatic heterocycles. The Morgan fingerprint density at radius 1 is 1.12 bits per heavy atom. The zero-order chi connectivity index (χ0) is 12.3. The summed E-state index contributed by atoms with van der Waals surface area (Å²) in [4.78, 5) is 25.3. The van der Waals surface area contributed by atoms with Crippen LogP contribution in [-0.4, -0.2) is 42.9 Å². The first-order valence-electron chi connectivity index (χ1n) is 5.35. The van der Waals surface area contributed by atoms with Crippen LogP contribution in [0.2, 0.25) is 5.02 Å². The number of carbonyl (C=O) groups is 2. The smallest absolute Gasteiger partial charge is 0.295 e. The molecule has 2 rings (SSSR count). The second-order valence-electron chi connectivity index (χ2n) is 3.74. The van der Waals surface area contributed by atoms with Gasteiger partial charge in [-0.15, -0.1) is 0 Å². The van der Waals surface area contributed by atoms with Crippen LogP contribution < -0.4 is 0 Å². The van der Waals surface area contributed by atoms with Gasteiger partial charge in [0.15, 0.2) is 0 Å². The molecule has 1 aliphatic rings. The Bertz CT molecular complexity index is 424. The maximum Gasteiger partial charge on any atom is 0.295 e. The topological polar surface area (TPSA) is 46.6 Å². The van der Waals surface area contributed by atoms with Gasteiger partial charge in [0.05, 0.1) is 13.2 Å². The van der Waals surface area contributed by atoms with E-state index in [2.05, 4.69) is 0 Å². The monoisotopic (exact) mass is 253 g/mol. The molecule has 0 spiro atoms. The van der Waals surface area contributed by atoms with Crippen LogP contribution in [0.15, 0.2) is 24.3 Å². The molecular weight excluding hydrogens is 242 g/mol. The van der Waals surface area contributed by atoms with Gasteiger partial charge in [-0.3, -0.25) is 9.59 Å². The third-order valence-corrected chi connectivity index (χ3v) is 2.85. The molecule has 0 unspecified atom stereocenters. The fraction of sp³-hybridized carbons (Fsp3) is 0.333. The summed E-state index contributed by atoms with van der Waals surface area (Å²) in [5, 5.41) is 0.542. The predicted molar refractivity (Wildman–Crippen MR) is 63.2 cm³/mol. The molecule has 90 valence electrons. The molecule has 0 saturated carbocycles. The quantitative estimate of drug-likeness (QED) is 0.591. The molecule has 0 aromatic heterocycles. The van der Waals surface area contributed by atoms with Gasteiger partial charge in [0.1, 0.15) is 0 Å². The Labute approximate surface area is 104 Å². The summed E-state index contributed by atoms with van der Waals surface area (Å²) in [6, 6.07) is 6.31. The van der Waals surface area contributed by atoms with Crippen LogP contribution in [0.4, 0.5) is 0 Å². The maximum atomic E-state index is 11.9. The molecule has 1 heterocycles. The molecule has 5 heteroatoms. The number of hydrogen-bond acceptors (Lipinski definition) is 3. The van der Waals surface area contributed by atoms with Crippen LogP contribution >= 0.6 is 11.6 Å². The van der Waals surface area contributed by atoms with Gasteiger partial charge in [-0.1, -0.05) is 11.6 Å². The molecule has 0 atom stereocenters. The van der Waals surface area contributed by atoms with Gasteiger partial charge in [0.2, 0.25) is 5.78 Å². The SMILES string of the molecule is O=C(C(=O)N1CCOCC1)c1ccc(Cl)cc1. The van der Waals surface area contributed by atoms with Crippen molar-refractivity contribution >= 4 is 23.3 Å². The van der Waals surface area contributed by atoms with Gasteiger partial charge in [0, 0.05) is 23.7 Å². The number of amides is 1. The molecule has 17 heavy (non-hydrogen) atoms. The molecule has 1 saturated heterocycles. The lowest BCUT2D eigenvalue weighted by molar-refractivity contribution is -0.130. The van der Waals surface area contributed by atoms with Crippen molar-refractivity contribution in [2.45, 2.75) is 0 Å². The number of ether oxygens (including phenoxy) is 1. The van der Waals surface area contributed by atoms with Gasteiger partial charge in [-0.2, -0.15) is 0 Å². The minimum Gasteiger partial charge on any atom is -0.378 e. The number of morpholine rings is 1. The van der Waals surface area contributed by atoms with Crippen LogP contribution in [0.5, 0.6) is 0 Å². The van der Waals surface area contributed by atoms with Crippen molar-refractivity contribution in [1.82, 2.24) is 4.90 Å². The van der Waals surface area contributed by atoms with E-state index in [9.17, 15) is 9.59 Å².